The monoisotopic (exact) mass is 274 g/mol. The minimum Gasteiger partial charge on any atom is -0.378 e. The molecule has 0 aliphatic heterocycles. The zero-order chi connectivity index (χ0) is 13.8. The summed E-state index contributed by atoms with van der Waals surface area (Å²) in [5.74, 6) is 0. The van der Waals surface area contributed by atoms with Crippen LogP contribution < -0.4 is 10.6 Å². The highest BCUT2D eigenvalue weighted by atomic mass is 35.5. The first-order valence-corrected chi connectivity index (χ1v) is 6.76. The lowest BCUT2D eigenvalue weighted by atomic mass is 10.0. The van der Waals surface area contributed by atoms with Crippen molar-refractivity contribution >= 4 is 17.3 Å². The molecule has 0 fully saturated rings. The summed E-state index contributed by atoms with van der Waals surface area (Å²) in [6.45, 7) is 0.653. The second-order valence-corrected chi connectivity index (χ2v) is 5.20. The van der Waals surface area contributed by atoms with Crippen LogP contribution in [0.1, 0.15) is 5.56 Å². The Kier molecular flexibility index (Phi) is 4.46. The fourth-order valence-electron chi connectivity index (χ4n) is 2.05. The van der Waals surface area contributed by atoms with Gasteiger partial charge >= 0.3 is 0 Å². The van der Waals surface area contributed by atoms with Crippen LogP contribution in [-0.4, -0.2) is 20.6 Å². The van der Waals surface area contributed by atoms with Crippen molar-refractivity contribution in [1.29, 1.82) is 0 Å². The molecule has 19 heavy (non-hydrogen) atoms. The number of halogens is 1. The van der Waals surface area contributed by atoms with Crippen molar-refractivity contribution in [2.45, 2.75) is 6.42 Å². The molecule has 2 nitrogen and oxygen atoms in total. The van der Waals surface area contributed by atoms with Crippen molar-refractivity contribution in [3.8, 4) is 11.1 Å². The lowest BCUT2D eigenvalue weighted by molar-refractivity contribution is 0.969. The molecular formula is C16H19ClN2. The van der Waals surface area contributed by atoms with Crippen LogP contribution in [0.5, 0.6) is 0 Å². The van der Waals surface area contributed by atoms with Crippen molar-refractivity contribution in [3.05, 3.63) is 53.1 Å². The van der Waals surface area contributed by atoms with E-state index in [1.54, 1.807) is 0 Å². The first-order chi connectivity index (χ1) is 9.11. The topological polar surface area (TPSA) is 29.3 Å². The molecule has 0 radical (unpaired) electrons. The van der Waals surface area contributed by atoms with Gasteiger partial charge < -0.3 is 10.6 Å². The molecule has 2 rings (SSSR count). The molecule has 0 saturated heterocycles. The van der Waals surface area contributed by atoms with E-state index in [-0.39, 0.29) is 0 Å². The van der Waals surface area contributed by atoms with Gasteiger partial charge in [-0.25, -0.2) is 0 Å². The van der Waals surface area contributed by atoms with Crippen LogP contribution in [0.4, 0.5) is 5.69 Å². The van der Waals surface area contributed by atoms with Gasteiger partial charge in [-0.3, -0.25) is 0 Å². The highest BCUT2D eigenvalue weighted by Crippen LogP contribution is 2.30. The standard InChI is InChI=1S/C16H19ClN2/c1-19(2)14-6-4-13(5-7-14)15-11-12(9-10-18)3-8-16(15)17/h3-8,11H,9-10,18H2,1-2H3. The van der Waals surface area contributed by atoms with Crippen LogP contribution in [0.15, 0.2) is 42.5 Å². The lowest BCUT2D eigenvalue weighted by Gasteiger charge is -2.13. The maximum Gasteiger partial charge on any atom is 0.0484 e. The molecule has 0 aliphatic rings. The van der Waals surface area contributed by atoms with Crippen molar-refractivity contribution in [2.75, 3.05) is 25.5 Å². The molecule has 0 unspecified atom stereocenters. The molecule has 2 aromatic rings. The molecule has 0 aliphatic carbocycles. The normalized spacial score (nSPS) is 10.5. The third-order valence-electron chi connectivity index (χ3n) is 3.16. The Balaban J connectivity index is 2.37. The highest BCUT2D eigenvalue weighted by molar-refractivity contribution is 6.33. The molecule has 100 valence electrons. The fourth-order valence-corrected chi connectivity index (χ4v) is 2.28. The maximum absolute atomic E-state index is 6.29. The van der Waals surface area contributed by atoms with Gasteiger partial charge in [0.05, 0.1) is 0 Å². The van der Waals surface area contributed by atoms with E-state index in [1.165, 1.54) is 11.3 Å². The average molecular weight is 275 g/mol. The van der Waals surface area contributed by atoms with E-state index in [1.807, 2.05) is 26.2 Å². The van der Waals surface area contributed by atoms with Crippen LogP contribution >= 0.6 is 11.6 Å². The Labute approximate surface area is 119 Å². The molecule has 0 saturated carbocycles. The number of nitrogens with zero attached hydrogens (tertiary/aromatic N) is 1. The molecular weight excluding hydrogens is 256 g/mol. The quantitative estimate of drug-likeness (QED) is 0.923. The molecule has 2 N–H and O–H groups in total. The molecule has 0 amide bonds. The summed E-state index contributed by atoms with van der Waals surface area (Å²) in [5, 5.41) is 0.776. The smallest absolute Gasteiger partial charge is 0.0484 e. The second-order valence-electron chi connectivity index (χ2n) is 4.79. The van der Waals surface area contributed by atoms with Crippen LogP contribution in [0.25, 0.3) is 11.1 Å². The number of hydrogen-bond donors (Lipinski definition) is 1. The molecule has 2 aromatic carbocycles. The number of hydrogen-bond acceptors (Lipinski definition) is 2. The minimum atomic E-state index is 0.653. The van der Waals surface area contributed by atoms with Gasteiger partial charge in [0.1, 0.15) is 0 Å². The molecule has 3 heteroatoms. The van der Waals surface area contributed by atoms with Crippen LogP contribution in [0.2, 0.25) is 5.02 Å². The van der Waals surface area contributed by atoms with Crippen molar-refractivity contribution < 1.29 is 0 Å². The summed E-state index contributed by atoms with van der Waals surface area (Å²) in [7, 11) is 4.06. The van der Waals surface area contributed by atoms with Gasteiger partial charge in [0, 0.05) is 30.4 Å². The van der Waals surface area contributed by atoms with Gasteiger partial charge in [-0.2, -0.15) is 0 Å². The van der Waals surface area contributed by atoms with Crippen molar-refractivity contribution in [2.24, 2.45) is 5.73 Å². The predicted octanol–water partition coefficient (Wildman–Crippen LogP) is 3.57. The number of benzene rings is 2. The van der Waals surface area contributed by atoms with Crippen LogP contribution in [-0.2, 0) is 6.42 Å². The number of rotatable bonds is 4. The summed E-state index contributed by atoms with van der Waals surface area (Å²) < 4.78 is 0. The SMILES string of the molecule is CN(C)c1ccc(-c2cc(CCN)ccc2Cl)cc1. The van der Waals surface area contributed by atoms with Crippen LogP contribution in [0, 0.1) is 0 Å². The molecule has 0 heterocycles. The van der Waals surface area contributed by atoms with Gasteiger partial charge in [0.15, 0.2) is 0 Å². The van der Waals surface area contributed by atoms with E-state index in [2.05, 4.69) is 35.2 Å². The zero-order valence-corrected chi connectivity index (χ0v) is 12.1. The van der Waals surface area contributed by atoms with E-state index in [4.69, 9.17) is 17.3 Å². The van der Waals surface area contributed by atoms with Crippen molar-refractivity contribution in [3.63, 3.8) is 0 Å². The van der Waals surface area contributed by atoms with Gasteiger partial charge in [-0.1, -0.05) is 29.8 Å². The summed E-state index contributed by atoms with van der Waals surface area (Å²) in [4.78, 5) is 2.08. The number of anilines is 1. The summed E-state index contributed by atoms with van der Waals surface area (Å²) in [5.41, 5.74) is 10.2. The first kappa shape index (κ1) is 13.9. The van der Waals surface area contributed by atoms with E-state index >= 15 is 0 Å². The second kappa shape index (κ2) is 6.09. The third-order valence-corrected chi connectivity index (χ3v) is 3.49. The van der Waals surface area contributed by atoms with Gasteiger partial charge in [-0.15, -0.1) is 0 Å². The molecule has 0 atom stereocenters. The Bertz CT molecular complexity index is 547. The number of nitrogens with two attached hydrogens (primary N) is 1. The summed E-state index contributed by atoms with van der Waals surface area (Å²) in [6.07, 6.45) is 0.875. The summed E-state index contributed by atoms with van der Waals surface area (Å²) in [6, 6.07) is 14.5. The van der Waals surface area contributed by atoms with Gasteiger partial charge in [-0.05, 0) is 48.4 Å². The van der Waals surface area contributed by atoms with E-state index in [0.29, 0.717) is 6.54 Å². The molecule has 0 bridgehead atoms. The largest absolute Gasteiger partial charge is 0.378 e. The lowest BCUT2D eigenvalue weighted by Crippen LogP contribution is -2.07. The molecule has 0 aromatic heterocycles. The van der Waals surface area contributed by atoms with Gasteiger partial charge in [0.2, 0.25) is 0 Å². The van der Waals surface area contributed by atoms with Crippen molar-refractivity contribution in [1.82, 2.24) is 0 Å². The average Bonchev–Trinajstić information content (AvgIpc) is 2.41. The fraction of sp³-hybridized carbons (Fsp3) is 0.250. The van der Waals surface area contributed by atoms with Crippen LogP contribution in [0.3, 0.4) is 0 Å². The third kappa shape index (κ3) is 3.28. The molecule has 0 spiro atoms. The predicted molar refractivity (Wildman–Crippen MR) is 84.0 cm³/mol. The van der Waals surface area contributed by atoms with E-state index < -0.39 is 0 Å². The van der Waals surface area contributed by atoms with Gasteiger partial charge in [0.25, 0.3) is 0 Å². The zero-order valence-electron chi connectivity index (χ0n) is 11.4. The Morgan fingerprint density at radius 3 is 2.32 bits per heavy atom. The Hall–Kier alpha value is -1.51. The maximum atomic E-state index is 6.29. The Morgan fingerprint density at radius 2 is 1.74 bits per heavy atom. The van der Waals surface area contributed by atoms with E-state index in [9.17, 15) is 0 Å². The highest BCUT2D eigenvalue weighted by Gasteiger charge is 2.05. The summed E-state index contributed by atoms with van der Waals surface area (Å²) >= 11 is 6.29. The Morgan fingerprint density at radius 1 is 1.05 bits per heavy atom. The minimum absolute atomic E-state index is 0.653. The van der Waals surface area contributed by atoms with E-state index in [0.717, 1.165) is 22.6 Å². The first-order valence-electron chi connectivity index (χ1n) is 6.38.